The van der Waals surface area contributed by atoms with Crippen LogP contribution in [0.4, 0.5) is 0 Å². The minimum atomic E-state index is -0.0298. The lowest BCUT2D eigenvalue weighted by molar-refractivity contribution is 0.0952. The van der Waals surface area contributed by atoms with Gasteiger partial charge >= 0.3 is 0 Å². The number of benzene rings is 1. The van der Waals surface area contributed by atoms with Crippen molar-refractivity contribution in [1.29, 1.82) is 0 Å². The molecule has 1 aromatic carbocycles. The number of aryl methyl sites for hydroxylation is 1. The maximum absolute atomic E-state index is 11.8. The Kier molecular flexibility index (Phi) is 6.98. The highest BCUT2D eigenvalue weighted by Crippen LogP contribution is 2.17. The van der Waals surface area contributed by atoms with E-state index < -0.39 is 0 Å². The summed E-state index contributed by atoms with van der Waals surface area (Å²) in [5.41, 5.74) is 1.80. The molecule has 3 nitrogen and oxygen atoms in total. The molecular weight excluding hydrogens is 294 g/mol. The Bertz CT molecular complexity index is 393. The molecular formula is C14H20BrNO2. The summed E-state index contributed by atoms with van der Waals surface area (Å²) >= 11 is 3.42. The maximum atomic E-state index is 11.8. The van der Waals surface area contributed by atoms with Crippen molar-refractivity contribution in [2.24, 2.45) is 0 Å². The summed E-state index contributed by atoms with van der Waals surface area (Å²) < 4.78 is 0.957. The molecule has 0 spiro atoms. The molecule has 0 aliphatic heterocycles. The van der Waals surface area contributed by atoms with Crippen LogP contribution >= 0.6 is 15.9 Å². The highest BCUT2D eigenvalue weighted by atomic mass is 79.9. The second kappa shape index (κ2) is 8.27. The standard InChI is InChI=1S/C14H20BrNO2/c1-11-6-7-12(10-13(11)15)14(18)16-8-4-2-3-5-9-17/h6-7,10,17H,2-5,8-9H2,1H3,(H,16,18). The first kappa shape index (κ1) is 15.2. The highest BCUT2D eigenvalue weighted by Gasteiger charge is 2.06. The van der Waals surface area contributed by atoms with E-state index in [2.05, 4.69) is 21.2 Å². The fraction of sp³-hybridized carbons (Fsp3) is 0.500. The number of halogens is 1. The zero-order valence-corrected chi connectivity index (χ0v) is 12.3. The molecule has 0 aliphatic carbocycles. The molecule has 0 bridgehead atoms. The fourth-order valence-corrected chi connectivity index (χ4v) is 2.01. The Balaban J connectivity index is 2.30. The highest BCUT2D eigenvalue weighted by molar-refractivity contribution is 9.10. The van der Waals surface area contributed by atoms with Gasteiger partial charge in [0, 0.05) is 23.2 Å². The molecule has 100 valence electrons. The van der Waals surface area contributed by atoms with Crippen LogP contribution in [-0.4, -0.2) is 24.2 Å². The van der Waals surface area contributed by atoms with Crippen molar-refractivity contribution in [2.75, 3.05) is 13.2 Å². The molecule has 0 aliphatic rings. The van der Waals surface area contributed by atoms with Crippen molar-refractivity contribution in [3.05, 3.63) is 33.8 Å². The number of amides is 1. The number of aliphatic hydroxyl groups excluding tert-OH is 1. The van der Waals surface area contributed by atoms with Gasteiger partial charge < -0.3 is 10.4 Å². The Hall–Kier alpha value is -0.870. The average molecular weight is 314 g/mol. The van der Waals surface area contributed by atoms with Gasteiger partial charge in [-0.15, -0.1) is 0 Å². The van der Waals surface area contributed by atoms with Gasteiger partial charge in [0.25, 0.3) is 5.91 Å². The van der Waals surface area contributed by atoms with Crippen LogP contribution in [0.3, 0.4) is 0 Å². The molecule has 1 amide bonds. The quantitative estimate of drug-likeness (QED) is 0.760. The SMILES string of the molecule is Cc1ccc(C(=O)NCCCCCCO)cc1Br. The Labute approximate surface area is 117 Å². The predicted molar refractivity (Wildman–Crippen MR) is 76.8 cm³/mol. The molecule has 0 heterocycles. The number of hydrogen-bond donors (Lipinski definition) is 2. The normalized spacial score (nSPS) is 10.4. The minimum absolute atomic E-state index is 0.0298. The summed E-state index contributed by atoms with van der Waals surface area (Å²) in [4.78, 5) is 11.8. The minimum Gasteiger partial charge on any atom is -0.396 e. The number of carbonyl (C=O) groups is 1. The van der Waals surface area contributed by atoms with Crippen LogP contribution in [0.5, 0.6) is 0 Å². The molecule has 0 atom stereocenters. The van der Waals surface area contributed by atoms with Gasteiger partial charge in [-0.1, -0.05) is 34.8 Å². The van der Waals surface area contributed by atoms with Gasteiger partial charge in [0.05, 0.1) is 0 Å². The van der Waals surface area contributed by atoms with Crippen molar-refractivity contribution in [2.45, 2.75) is 32.6 Å². The topological polar surface area (TPSA) is 49.3 Å². The second-order valence-electron chi connectivity index (χ2n) is 4.36. The number of unbranched alkanes of at least 4 members (excludes halogenated alkanes) is 3. The average Bonchev–Trinajstić information content (AvgIpc) is 2.36. The second-order valence-corrected chi connectivity index (χ2v) is 5.21. The van der Waals surface area contributed by atoms with Crippen LogP contribution in [0, 0.1) is 6.92 Å². The lowest BCUT2D eigenvalue weighted by atomic mass is 10.1. The summed E-state index contributed by atoms with van der Waals surface area (Å²) in [5.74, 6) is -0.0298. The molecule has 0 unspecified atom stereocenters. The smallest absolute Gasteiger partial charge is 0.251 e. The van der Waals surface area contributed by atoms with Crippen LogP contribution in [0.25, 0.3) is 0 Å². The van der Waals surface area contributed by atoms with Crippen molar-refractivity contribution >= 4 is 21.8 Å². The number of rotatable bonds is 7. The maximum Gasteiger partial charge on any atom is 0.251 e. The first-order valence-corrected chi connectivity index (χ1v) is 7.09. The Morgan fingerprint density at radius 2 is 2.00 bits per heavy atom. The van der Waals surface area contributed by atoms with E-state index >= 15 is 0 Å². The van der Waals surface area contributed by atoms with E-state index in [0.717, 1.165) is 35.7 Å². The van der Waals surface area contributed by atoms with Crippen LogP contribution in [0.15, 0.2) is 22.7 Å². The molecule has 2 N–H and O–H groups in total. The lowest BCUT2D eigenvalue weighted by Gasteiger charge is -2.06. The molecule has 0 radical (unpaired) electrons. The molecule has 0 fully saturated rings. The van der Waals surface area contributed by atoms with E-state index in [1.54, 1.807) is 0 Å². The first-order valence-electron chi connectivity index (χ1n) is 6.30. The summed E-state index contributed by atoms with van der Waals surface area (Å²) in [6.07, 6.45) is 3.86. The predicted octanol–water partition coefficient (Wildman–Crippen LogP) is 3.04. The van der Waals surface area contributed by atoms with Crippen LogP contribution in [0.2, 0.25) is 0 Å². The van der Waals surface area contributed by atoms with E-state index in [0.29, 0.717) is 12.1 Å². The van der Waals surface area contributed by atoms with Gasteiger partial charge in [-0.3, -0.25) is 4.79 Å². The summed E-state index contributed by atoms with van der Waals surface area (Å²) in [6, 6.07) is 5.61. The van der Waals surface area contributed by atoms with Gasteiger partial charge in [0.15, 0.2) is 0 Å². The van der Waals surface area contributed by atoms with Gasteiger partial charge in [0.1, 0.15) is 0 Å². The van der Waals surface area contributed by atoms with E-state index in [-0.39, 0.29) is 12.5 Å². The van der Waals surface area contributed by atoms with Crippen LogP contribution in [-0.2, 0) is 0 Å². The fourth-order valence-electron chi connectivity index (χ4n) is 1.63. The van der Waals surface area contributed by atoms with Crippen molar-refractivity contribution in [1.82, 2.24) is 5.32 Å². The zero-order chi connectivity index (χ0) is 13.4. The number of nitrogens with one attached hydrogen (secondary N) is 1. The first-order chi connectivity index (χ1) is 8.65. The molecule has 0 aromatic heterocycles. The molecule has 18 heavy (non-hydrogen) atoms. The van der Waals surface area contributed by atoms with Crippen molar-refractivity contribution in [3.63, 3.8) is 0 Å². The monoisotopic (exact) mass is 313 g/mol. The van der Waals surface area contributed by atoms with Crippen molar-refractivity contribution in [3.8, 4) is 0 Å². The lowest BCUT2D eigenvalue weighted by Crippen LogP contribution is -2.24. The zero-order valence-electron chi connectivity index (χ0n) is 10.7. The summed E-state index contributed by atoms with van der Waals surface area (Å²) in [7, 11) is 0. The molecule has 1 aromatic rings. The third-order valence-electron chi connectivity index (χ3n) is 2.80. The third kappa shape index (κ3) is 5.19. The van der Waals surface area contributed by atoms with Crippen molar-refractivity contribution < 1.29 is 9.90 Å². The number of carbonyl (C=O) groups excluding carboxylic acids is 1. The molecule has 0 saturated heterocycles. The van der Waals surface area contributed by atoms with Crippen LogP contribution in [0.1, 0.15) is 41.6 Å². The van der Waals surface area contributed by atoms with E-state index in [1.165, 1.54) is 0 Å². The van der Waals surface area contributed by atoms with Gasteiger partial charge in [0.2, 0.25) is 0 Å². The van der Waals surface area contributed by atoms with Gasteiger partial charge in [-0.2, -0.15) is 0 Å². The van der Waals surface area contributed by atoms with E-state index in [9.17, 15) is 4.79 Å². The van der Waals surface area contributed by atoms with Gasteiger partial charge in [-0.05, 0) is 37.5 Å². The summed E-state index contributed by atoms with van der Waals surface area (Å²) in [5, 5.41) is 11.5. The number of hydrogen-bond acceptors (Lipinski definition) is 2. The molecule has 4 heteroatoms. The Morgan fingerprint density at radius 1 is 1.28 bits per heavy atom. The largest absolute Gasteiger partial charge is 0.396 e. The van der Waals surface area contributed by atoms with E-state index in [1.807, 2.05) is 25.1 Å². The number of aliphatic hydroxyl groups is 1. The third-order valence-corrected chi connectivity index (χ3v) is 3.66. The Morgan fingerprint density at radius 3 is 2.67 bits per heavy atom. The molecule has 1 rings (SSSR count). The summed E-state index contributed by atoms with van der Waals surface area (Å²) in [6.45, 7) is 2.94. The molecule has 0 saturated carbocycles. The van der Waals surface area contributed by atoms with Crippen LogP contribution < -0.4 is 5.32 Å². The van der Waals surface area contributed by atoms with Gasteiger partial charge in [-0.25, -0.2) is 0 Å². The van der Waals surface area contributed by atoms with E-state index in [4.69, 9.17) is 5.11 Å².